The number of carbonyl (C=O) groups excluding carboxylic acids is 2. The molecule has 1 heterocycles. The standard InChI is InChI=1S/C21H17F3N2O3/c1-2-14-11-17(16-5-3-4-6-18(16)25-14)20(28)29-12-19(27)26-15-9-7-13(8-10-15)21(22,23)24/h3-11H,2,12H2,1H3,(H,26,27). The van der Waals surface area contributed by atoms with Crippen LogP contribution in [0.2, 0.25) is 0 Å². The molecule has 0 aliphatic carbocycles. The number of hydrogen-bond acceptors (Lipinski definition) is 4. The monoisotopic (exact) mass is 402 g/mol. The zero-order valence-corrected chi connectivity index (χ0v) is 15.4. The van der Waals surface area contributed by atoms with E-state index in [1.54, 1.807) is 30.3 Å². The number of esters is 1. The van der Waals surface area contributed by atoms with Crippen LogP contribution in [0, 0.1) is 0 Å². The lowest BCUT2D eigenvalue weighted by molar-refractivity contribution is -0.137. The fraction of sp³-hybridized carbons (Fsp3) is 0.190. The lowest BCUT2D eigenvalue weighted by Gasteiger charge is -2.10. The van der Waals surface area contributed by atoms with Gasteiger partial charge >= 0.3 is 12.1 Å². The minimum absolute atomic E-state index is 0.168. The van der Waals surface area contributed by atoms with Crippen molar-refractivity contribution in [2.45, 2.75) is 19.5 Å². The van der Waals surface area contributed by atoms with Crippen molar-refractivity contribution in [1.82, 2.24) is 4.98 Å². The van der Waals surface area contributed by atoms with E-state index in [2.05, 4.69) is 10.3 Å². The number of hydrogen-bond donors (Lipinski definition) is 1. The Morgan fingerprint density at radius 3 is 2.41 bits per heavy atom. The highest BCUT2D eigenvalue weighted by Gasteiger charge is 2.30. The van der Waals surface area contributed by atoms with Gasteiger partial charge in [-0.2, -0.15) is 13.2 Å². The largest absolute Gasteiger partial charge is 0.452 e. The van der Waals surface area contributed by atoms with Gasteiger partial charge in [0.05, 0.1) is 16.6 Å². The normalized spacial score (nSPS) is 11.3. The number of nitrogens with one attached hydrogen (secondary N) is 1. The Morgan fingerprint density at radius 1 is 1.07 bits per heavy atom. The van der Waals surface area contributed by atoms with Crippen LogP contribution < -0.4 is 5.32 Å². The smallest absolute Gasteiger partial charge is 0.416 e. The number of anilines is 1. The van der Waals surface area contributed by atoms with Crippen LogP contribution in [0.4, 0.5) is 18.9 Å². The molecule has 0 aliphatic heterocycles. The first-order chi connectivity index (χ1) is 13.8. The second-order valence-electron chi connectivity index (χ2n) is 6.23. The van der Waals surface area contributed by atoms with Gasteiger partial charge in [0.15, 0.2) is 6.61 Å². The molecule has 29 heavy (non-hydrogen) atoms. The van der Waals surface area contributed by atoms with E-state index in [0.717, 1.165) is 24.3 Å². The summed E-state index contributed by atoms with van der Waals surface area (Å²) in [6, 6.07) is 12.7. The summed E-state index contributed by atoms with van der Waals surface area (Å²) in [5.41, 5.74) is 1.01. The number of benzene rings is 2. The van der Waals surface area contributed by atoms with Gasteiger partial charge < -0.3 is 10.1 Å². The molecule has 1 amide bonds. The molecule has 0 spiro atoms. The number of pyridine rings is 1. The van der Waals surface area contributed by atoms with Crippen molar-refractivity contribution in [3.8, 4) is 0 Å². The van der Waals surface area contributed by atoms with Crippen LogP contribution in [0.1, 0.15) is 28.5 Å². The van der Waals surface area contributed by atoms with Crippen LogP contribution in [0.3, 0.4) is 0 Å². The van der Waals surface area contributed by atoms with E-state index < -0.39 is 30.2 Å². The van der Waals surface area contributed by atoms with Gasteiger partial charge in [-0.3, -0.25) is 9.78 Å². The third kappa shape index (κ3) is 4.90. The van der Waals surface area contributed by atoms with E-state index in [4.69, 9.17) is 4.74 Å². The SMILES string of the molecule is CCc1cc(C(=O)OCC(=O)Nc2ccc(C(F)(F)F)cc2)c2ccccc2n1. The highest BCUT2D eigenvalue weighted by atomic mass is 19.4. The lowest BCUT2D eigenvalue weighted by atomic mass is 10.1. The molecule has 1 aromatic heterocycles. The summed E-state index contributed by atoms with van der Waals surface area (Å²) in [7, 11) is 0. The van der Waals surface area contributed by atoms with Crippen LogP contribution in [0.15, 0.2) is 54.6 Å². The first-order valence-corrected chi connectivity index (χ1v) is 8.81. The zero-order valence-electron chi connectivity index (χ0n) is 15.4. The molecule has 0 aliphatic rings. The van der Waals surface area contributed by atoms with E-state index >= 15 is 0 Å². The Morgan fingerprint density at radius 2 is 1.76 bits per heavy atom. The van der Waals surface area contributed by atoms with Crippen molar-refractivity contribution in [2.24, 2.45) is 0 Å². The Balaban J connectivity index is 1.66. The van der Waals surface area contributed by atoms with Gasteiger partial charge in [0.25, 0.3) is 5.91 Å². The topological polar surface area (TPSA) is 68.3 Å². The zero-order chi connectivity index (χ0) is 21.0. The van der Waals surface area contributed by atoms with Crippen LogP contribution in [-0.2, 0) is 22.1 Å². The third-order valence-corrected chi connectivity index (χ3v) is 4.18. The van der Waals surface area contributed by atoms with Gasteiger partial charge in [0, 0.05) is 16.8 Å². The van der Waals surface area contributed by atoms with Crippen LogP contribution >= 0.6 is 0 Å². The average Bonchev–Trinajstić information content (AvgIpc) is 2.70. The first kappa shape index (κ1) is 20.3. The summed E-state index contributed by atoms with van der Waals surface area (Å²) in [6.45, 7) is 1.34. The molecule has 3 aromatic rings. The van der Waals surface area contributed by atoms with E-state index in [-0.39, 0.29) is 5.69 Å². The summed E-state index contributed by atoms with van der Waals surface area (Å²) >= 11 is 0. The quantitative estimate of drug-likeness (QED) is 0.633. The molecule has 5 nitrogen and oxygen atoms in total. The summed E-state index contributed by atoms with van der Waals surface area (Å²) < 4.78 is 42.8. The second kappa shape index (κ2) is 8.30. The number of nitrogens with zero attached hydrogens (tertiary/aromatic N) is 1. The Kier molecular flexibility index (Phi) is 5.81. The number of alkyl halides is 3. The first-order valence-electron chi connectivity index (χ1n) is 8.81. The number of fused-ring (bicyclic) bond motifs is 1. The molecule has 150 valence electrons. The molecule has 8 heteroatoms. The van der Waals surface area contributed by atoms with Gasteiger partial charge in [-0.05, 0) is 42.8 Å². The molecule has 0 unspecified atom stereocenters. The predicted octanol–water partition coefficient (Wildman–Crippen LogP) is 4.61. The molecule has 3 rings (SSSR count). The average molecular weight is 402 g/mol. The lowest BCUT2D eigenvalue weighted by Crippen LogP contribution is -2.21. The number of halogens is 3. The number of rotatable bonds is 5. The summed E-state index contributed by atoms with van der Waals surface area (Å²) in [5.74, 6) is -1.34. The molecule has 0 saturated heterocycles. The minimum Gasteiger partial charge on any atom is -0.452 e. The van der Waals surface area contributed by atoms with Gasteiger partial charge in [0.2, 0.25) is 0 Å². The van der Waals surface area contributed by atoms with Gasteiger partial charge in [-0.15, -0.1) is 0 Å². The Bertz CT molecular complexity index is 1050. The van der Waals surface area contributed by atoms with E-state index in [1.165, 1.54) is 0 Å². The predicted molar refractivity (Wildman–Crippen MR) is 101 cm³/mol. The fourth-order valence-electron chi connectivity index (χ4n) is 2.73. The van der Waals surface area contributed by atoms with E-state index in [9.17, 15) is 22.8 Å². The van der Waals surface area contributed by atoms with Crippen molar-refractivity contribution in [1.29, 1.82) is 0 Å². The molecule has 0 radical (unpaired) electrons. The van der Waals surface area contributed by atoms with Crippen molar-refractivity contribution < 1.29 is 27.5 Å². The molecule has 0 atom stereocenters. The highest BCUT2D eigenvalue weighted by molar-refractivity contribution is 6.04. The number of ether oxygens (including phenoxy) is 1. The fourth-order valence-corrected chi connectivity index (χ4v) is 2.73. The number of aromatic nitrogens is 1. The second-order valence-corrected chi connectivity index (χ2v) is 6.23. The molecule has 2 aromatic carbocycles. The minimum atomic E-state index is -4.46. The molecular formula is C21H17F3N2O3. The molecule has 0 saturated carbocycles. The Hall–Kier alpha value is -3.42. The van der Waals surface area contributed by atoms with Gasteiger partial charge in [-0.25, -0.2) is 4.79 Å². The van der Waals surface area contributed by atoms with Crippen LogP contribution in [-0.4, -0.2) is 23.5 Å². The third-order valence-electron chi connectivity index (χ3n) is 4.18. The van der Waals surface area contributed by atoms with Crippen molar-refractivity contribution in [2.75, 3.05) is 11.9 Å². The summed E-state index contributed by atoms with van der Waals surface area (Å²) in [5, 5.41) is 3.00. The molecule has 1 N–H and O–H groups in total. The highest BCUT2D eigenvalue weighted by Crippen LogP contribution is 2.29. The number of carbonyl (C=O) groups is 2. The van der Waals surface area contributed by atoms with E-state index in [1.807, 2.05) is 6.92 Å². The molecule has 0 bridgehead atoms. The maximum absolute atomic E-state index is 12.6. The molecule has 0 fully saturated rings. The Labute approximate surface area is 164 Å². The van der Waals surface area contributed by atoms with Crippen LogP contribution in [0.5, 0.6) is 0 Å². The van der Waals surface area contributed by atoms with Crippen molar-refractivity contribution in [3.05, 3.63) is 71.4 Å². The maximum Gasteiger partial charge on any atom is 0.416 e. The van der Waals surface area contributed by atoms with Gasteiger partial charge in [0.1, 0.15) is 0 Å². The van der Waals surface area contributed by atoms with E-state index in [0.29, 0.717) is 28.6 Å². The van der Waals surface area contributed by atoms with Gasteiger partial charge in [-0.1, -0.05) is 25.1 Å². The number of para-hydroxylation sites is 1. The molecular weight excluding hydrogens is 385 g/mol. The maximum atomic E-state index is 12.6. The van der Waals surface area contributed by atoms with Crippen molar-refractivity contribution in [3.63, 3.8) is 0 Å². The summed E-state index contributed by atoms with van der Waals surface area (Å²) in [4.78, 5) is 28.9. The number of amides is 1. The number of aryl methyl sites for hydroxylation is 1. The summed E-state index contributed by atoms with van der Waals surface area (Å²) in [6.07, 6.45) is -3.83. The van der Waals surface area contributed by atoms with Crippen molar-refractivity contribution >= 4 is 28.5 Å². The van der Waals surface area contributed by atoms with Crippen LogP contribution in [0.25, 0.3) is 10.9 Å².